The van der Waals surface area contributed by atoms with Crippen LogP contribution < -0.4 is 5.32 Å². The summed E-state index contributed by atoms with van der Waals surface area (Å²) in [5, 5.41) is 4.19. The van der Waals surface area contributed by atoms with Crippen molar-refractivity contribution in [3.8, 4) is 0 Å². The summed E-state index contributed by atoms with van der Waals surface area (Å²) in [4.78, 5) is 17.0. The van der Waals surface area contributed by atoms with E-state index in [0.717, 1.165) is 16.6 Å². The van der Waals surface area contributed by atoms with Crippen molar-refractivity contribution in [3.05, 3.63) is 66.1 Å². The summed E-state index contributed by atoms with van der Waals surface area (Å²) in [7, 11) is 2.05. The molecule has 5 nitrogen and oxygen atoms in total. The molecule has 4 rings (SSSR count). The van der Waals surface area contributed by atoms with Gasteiger partial charge in [0.15, 0.2) is 0 Å². The molecule has 3 aromatic heterocycles. The number of fused-ring (bicyclic) bond motifs is 3. The number of carbonyl (C=O) groups excluding carboxylic acids is 1. The summed E-state index contributed by atoms with van der Waals surface area (Å²) in [6.45, 7) is 4.69. The number of hydrogen-bond acceptors (Lipinski definition) is 2. The Morgan fingerprint density at radius 3 is 2.69 bits per heavy atom. The number of rotatable bonds is 4. The fraction of sp³-hybridized carbons (Fsp3) is 0.238. The van der Waals surface area contributed by atoms with Crippen LogP contribution in [-0.2, 0) is 13.6 Å². The third kappa shape index (κ3) is 2.56. The van der Waals surface area contributed by atoms with E-state index < -0.39 is 0 Å². The monoisotopic (exact) mass is 346 g/mol. The topological polar surface area (TPSA) is 51.9 Å². The lowest BCUT2D eigenvalue weighted by molar-refractivity contribution is 0.0940. The minimum atomic E-state index is -0.0668. The lowest BCUT2D eigenvalue weighted by atomic mass is 10.2. The highest BCUT2D eigenvalue weighted by Gasteiger charge is 2.22. The van der Waals surface area contributed by atoms with Gasteiger partial charge in [0.05, 0.1) is 16.6 Å². The molecule has 26 heavy (non-hydrogen) atoms. The van der Waals surface area contributed by atoms with Crippen LogP contribution in [0.2, 0.25) is 0 Å². The van der Waals surface area contributed by atoms with Crippen LogP contribution in [-0.4, -0.2) is 20.0 Å². The van der Waals surface area contributed by atoms with Crippen LogP contribution in [0.1, 0.15) is 35.9 Å². The number of nitrogens with zero attached hydrogens (tertiary/aromatic N) is 3. The lowest BCUT2D eigenvalue weighted by Gasteiger charge is -2.14. The van der Waals surface area contributed by atoms with Crippen LogP contribution in [0.3, 0.4) is 0 Å². The van der Waals surface area contributed by atoms with Gasteiger partial charge in [-0.2, -0.15) is 0 Å². The van der Waals surface area contributed by atoms with Crippen molar-refractivity contribution in [1.29, 1.82) is 0 Å². The van der Waals surface area contributed by atoms with Crippen molar-refractivity contribution in [1.82, 2.24) is 19.4 Å². The minimum Gasteiger partial charge on any atom is -0.347 e. The lowest BCUT2D eigenvalue weighted by Crippen LogP contribution is -2.26. The van der Waals surface area contributed by atoms with Crippen LogP contribution in [0.4, 0.5) is 0 Å². The minimum absolute atomic E-state index is 0.0668. The van der Waals surface area contributed by atoms with Gasteiger partial charge in [0.25, 0.3) is 5.91 Å². The zero-order valence-corrected chi connectivity index (χ0v) is 15.2. The second kappa shape index (κ2) is 6.33. The molecular formula is C21H22N4O. The molecule has 1 N–H and O–H groups in total. The largest absolute Gasteiger partial charge is 0.347 e. The highest BCUT2D eigenvalue weighted by Crippen LogP contribution is 2.33. The third-order valence-corrected chi connectivity index (χ3v) is 4.82. The molecule has 1 amide bonds. The van der Waals surface area contributed by atoms with Gasteiger partial charge < -0.3 is 14.5 Å². The van der Waals surface area contributed by atoms with Crippen molar-refractivity contribution in [3.63, 3.8) is 0 Å². The maximum absolute atomic E-state index is 12.9. The molecule has 0 spiro atoms. The Balaban J connectivity index is 1.78. The maximum atomic E-state index is 12.9. The van der Waals surface area contributed by atoms with Gasteiger partial charge in [0, 0.05) is 37.4 Å². The normalized spacial score (nSPS) is 11.5. The molecule has 132 valence electrons. The smallest absolute Gasteiger partial charge is 0.268 e. The number of aryl methyl sites for hydroxylation is 1. The molecule has 0 aliphatic carbocycles. The number of carbonyl (C=O) groups is 1. The van der Waals surface area contributed by atoms with Crippen LogP contribution in [0, 0.1) is 0 Å². The van der Waals surface area contributed by atoms with Gasteiger partial charge >= 0.3 is 0 Å². The van der Waals surface area contributed by atoms with Crippen molar-refractivity contribution in [2.24, 2.45) is 7.05 Å². The van der Waals surface area contributed by atoms with Crippen LogP contribution in [0.5, 0.6) is 0 Å². The van der Waals surface area contributed by atoms with Crippen molar-refractivity contribution < 1.29 is 4.79 Å². The Hall–Kier alpha value is -3.08. The summed E-state index contributed by atoms with van der Waals surface area (Å²) in [5.41, 5.74) is 5.04. The van der Waals surface area contributed by atoms with E-state index in [9.17, 15) is 4.79 Å². The fourth-order valence-corrected chi connectivity index (χ4v) is 3.62. The van der Waals surface area contributed by atoms with Crippen LogP contribution >= 0.6 is 0 Å². The quantitative estimate of drug-likeness (QED) is 0.606. The van der Waals surface area contributed by atoms with E-state index in [-0.39, 0.29) is 11.9 Å². The second-order valence-corrected chi connectivity index (χ2v) is 6.85. The molecule has 0 unspecified atom stereocenters. The number of benzene rings is 1. The standard InChI is InChI=1S/C21H22N4O/c1-14(2)25-19(21(26)23-13-15-7-6-10-22-12-15)11-18-20(25)16-8-4-5-9-17(16)24(18)3/h4-12,14H,13H2,1-3H3,(H,23,26). The predicted molar refractivity (Wildman–Crippen MR) is 104 cm³/mol. The van der Waals surface area contributed by atoms with E-state index in [0.29, 0.717) is 12.2 Å². The molecule has 0 aliphatic heterocycles. The van der Waals surface area contributed by atoms with Crippen LogP contribution in [0.15, 0.2) is 54.9 Å². The van der Waals surface area contributed by atoms with Gasteiger partial charge in [-0.3, -0.25) is 9.78 Å². The zero-order chi connectivity index (χ0) is 18.3. The SMILES string of the molecule is CC(C)n1c(C(=O)NCc2cccnc2)cc2c1c1ccccc1n2C. The van der Waals surface area contributed by atoms with Crippen molar-refractivity contribution in [2.75, 3.05) is 0 Å². The third-order valence-electron chi connectivity index (χ3n) is 4.82. The average Bonchev–Trinajstić information content (AvgIpc) is 3.18. The molecule has 1 aromatic carbocycles. The summed E-state index contributed by atoms with van der Waals surface area (Å²) in [6.07, 6.45) is 3.50. The number of nitrogens with one attached hydrogen (secondary N) is 1. The number of para-hydroxylation sites is 1. The summed E-state index contributed by atoms with van der Waals surface area (Å²) >= 11 is 0. The fourth-order valence-electron chi connectivity index (χ4n) is 3.62. The molecule has 3 heterocycles. The summed E-state index contributed by atoms with van der Waals surface area (Å²) < 4.78 is 4.29. The molecule has 0 aliphatic rings. The summed E-state index contributed by atoms with van der Waals surface area (Å²) in [5.74, 6) is -0.0668. The first-order valence-electron chi connectivity index (χ1n) is 8.83. The van der Waals surface area contributed by atoms with E-state index in [1.54, 1.807) is 12.4 Å². The highest BCUT2D eigenvalue weighted by atomic mass is 16.1. The molecule has 4 aromatic rings. The molecule has 0 fully saturated rings. The molecule has 0 saturated heterocycles. The van der Waals surface area contributed by atoms with Gasteiger partial charge in [-0.15, -0.1) is 0 Å². The molecular weight excluding hydrogens is 324 g/mol. The van der Waals surface area contributed by atoms with Gasteiger partial charge in [-0.1, -0.05) is 24.3 Å². The molecule has 0 saturated carbocycles. The van der Waals surface area contributed by atoms with E-state index in [2.05, 4.69) is 45.4 Å². The Morgan fingerprint density at radius 1 is 1.15 bits per heavy atom. The molecule has 0 atom stereocenters. The Morgan fingerprint density at radius 2 is 1.96 bits per heavy atom. The van der Waals surface area contributed by atoms with Gasteiger partial charge in [0.2, 0.25) is 0 Å². The first-order valence-corrected chi connectivity index (χ1v) is 8.83. The van der Waals surface area contributed by atoms with Gasteiger partial charge in [-0.05, 0) is 37.6 Å². The van der Waals surface area contributed by atoms with E-state index >= 15 is 0 Å². The Kier molecular flexibility index (Phi) is 3.99. The number of pyridine rings is 1. The predicted octanol–water partition coefficient (Wildman–Crippen LogP) is 4.04. The molecule has 0 radical (unpaired) electrons. The second-order valence-electron chi connectivity index (χ2n) is 6.85. The van der Waals surface area contributed by atoms with Gasteiger partial charge in [-0.25, -0.2) is 0 Å². The van der Waals surface area contributed by atoms with E-state index in [1.807, 2.05) is 37.4 Å². The maximum Gasteiger partial charge on any atom is 0.268 e. The Bertz CT molecular complexity index is 1090. The summed E-state index contributed by atoms with van der Waals surface area (Å²) in [6, 6.07) is 14.3. The van der Waals surface area contributed by atoms with E-state index in [4.69, 9.17) is 0 Å². The molecule has 0 bridgehead atoms. The zero-order valence-electron chi connectivity index (χ0n) is 15.2. The first kappa shape index (κ1) is 16.4. The van der Waals surface area contributed by atoms with Gasteiger partial charge in [0.1, 0.15) is 5.69 Å². The van der Waals surface area contributed by atoms with E-state index in [1.165, 1.54) is 10.9 Å². The highest BCUT2D eigenvalue weighted by molar-refractivity contribution is 6.10. The van der Waals surface area contributed by atoms with Crippen molar-refractivity contribution >= 4 is 27.8 Å². The first-order chi connectivity index (χ1) is 12.6. The molecule has 5 heteroatoms. The van der Waals surface area contributed by atoms with Crippen LogP contribution in [0.25, 0.3) is 21.9 Å². The number of hydrogen-bond donors (Lipinski definition) is 1. The number of aromatic nitrogens is 3. The number of amides is 1. The average molecular weight is 346 g/mol. The van der Waals surface area contributed by atoms with Crippen molar-refractivity contribution in [2.45, 2.75) is 26.4 Å². The Labute approximate surface area is 152 Å².